The number of hydrogen-bond acceptors (Lipinski definition) is 2. The first-order valence-corrected chi connectivity index (χ1v) is 3.12. The van der Waals surface area contributed by atoms with Crippen LogP contribution in [-0.2, 0) is 6.30 Å². The van der Waals surface area contributed by atoms with Gasteiger partial charge in [0.2, 0.25) is 0 Å². The predicted molar refractivity (Wildman–Crippen MR) is 34.8 cm³/mol. The average molecular weight is 199 g/mol. The molecular weight excluding hydrogens is 197 g/mol. The molecule has 0 saturated carbocycles. The van der Waals surface area contributed by atoms with Gasteiger partial charge in [0.25, 0.3) is 5.56 Å². The lowest BCUT2D eigenvalue weighted by atomic mass is 10.6. The number of nitrogens with zero attached hydrogens (tertiary/aromatic N) is 2. The summed E-state index contributed by atoms with van der Waals surface area (Å²) >= 11 is 5.15. The van der Waals surface area contributed by atoms with Gasteiger partial charge in [-0.1, -0.05) is 11.6 Å². The van der Waals surface area contributed by atoms with Gasteiger partial charge in [-0.25, -0.2) is 0 Å². The number of hydrogen-bond donors (Lipinski definition) is 0. The molecule has 3 nitrogen and oxygen atoms in total. The fraction of sp³-hybridized carbons (Fsp3) is 0.200. The highest BCUT2D eigenvalue weighted by atomic mass is 35.5. The normalized spacial score (nSPS) is 11.7. The van der Waals surface area contributed by atoms with Crippen molar-refractivity contribution in [3.63, 3.8) is 0 Å². The lowest BCUT2D eigenvalue weighted by molar-refractivity contribution is -0.215. The van der Waals surface area contributed by atoms with Crippen molar-refractivity contribution in [2.24, 2.45) is 0 Å². The van der Waals surface area contributed by atoms with Gasteiger partial charge in [0.15, 0.2) is 0 Å². The van der Waals surface area contributed by atoms with Gasteiger partial charge >= 0.3 is 6.30 Å². The molecule has 0 aliphatic heterocycles. The van der Waals surface area contributed by atoms with Crippen molar-refractivity contribution in [2.45, 2.75) is 6.30 Å². The molecule has 1 heterocycles. The van der Waals surface area contributed by atoms with Gasteiger partial charge in [0.05, 0.1) is 0 Å². The minimum absolute atomic E-state index is 0.512. The first-order chi connectivity index (χ1) is 5.43. The van der Waals surface area contributed by atoms with E-state index in [4.69, 9.17) is 11.6 Å². The molecule has 1 aromatic heterocycles. The van der Waals surface area contributed by atoms with Crippen LogP contribution in [0.4, 0.5) is 13.2 Å². The van der Waals surface area contributed by atoms with Gasteiger partial charge in [-0.3, -0.25) is 4.79 Å². The Bertz CT molecular complexity index is 345. The molecular formula is C5H2ClF3N2O. The van der Waals surface area contributed by atoms with E-state index in [2.05, 4.69) is 5.10 Å². The van der Waals surface area contributed by atoms with Gasteiger partial charge in [0.1, 0.15) is 5.02 Å². The molecule has 0 radical (unpaired) electrons. The Morgan fingerprint density at radius 3 is 2.50 bits per heavy atom. The molecule has 1 rings (SSSR count). The third-order valence-electron chi connectivity index (χ3n) is 1.04. The van der Waals surface area contributed by atoms with E-state index in [1.54, 1.807) is 0 Å². The van der Waals surface area contributed by atoms with E-state index in [1.807, 2.05) is 0 Å². The van der Waals surface area contributed by atoms with Crippen LogP contribution < -0.4 is 5.56 Å². The van der Waals surface area contributed by atoms with Crippen LogP contribution in [0.2, 0.25) is 5.02 Å². The van der Waals surface area contributed by atoms with E-state index < -0.39 is 21.6 Å². The van der Waals surface area contributed by atoms with Crippen molar-refractivity contribution in [3.05, 3.63) is 27.6 Å². The van der Waals surface area contributed by atoms with E-state index in [9.17, 15) is 18.0 Å². The van der Waals surface area contributed by atoms with Crippen molar-refractivity contribution in [3.8, 4) is 0 Å². The second kappa shape index (κ2) is 2.78. The second-order valence-corrected chi connectivity index (χ2v) is 2.27. The summed E-state index contributed by atoms with van der Waals surface area (Å²) in [7, 11) is 0. The second-order valence-electron chi connectivity index (χ2n) is 1.86. The summed E-state index contributed by atoms with van der Waals surface area (Å²) in [5.41, 5.74) is -1.37. The molecule has 0 aromatic carbocycles. The van der Waals surface area contributed by atoms with Crippen LogP contribution in [0.1, 0.15) is 0 Å². The van der Waals surface area contributed by atoms with E-state index in [0.29, 0.717) is 0 Å². The third-order valence-corrected chi connectivity index (χ3v) is 1.33. The fourth-order valence-electron chi connectivity index (χ4n) is 0.571. The maximum atomic E-state index is 11.9. The van der Waals surface area contributed by atoms with Crippen LogP contribution in [0.15, 0.2) is 17.1 Å². The first-order valence-electron chi connectivity index (χ1n) is 2.74. The molecule has 0 amide bonds. The zero-order valence-electron chi connectivity index (χ0n) is 5.47. The van der Waals surface area contributed by atoms with E-state index in [0.717, 1.165) is 12.3 Å². The lowest BCUT2D eigenvalue weighted by Gasteiger charge is -2.06. The predicted octanol–water partition coefficient (Wildman–Crippen LogP) is 1.37. The average Bonchev–Trinajstić information content (AvgIpc) is 1.92. The largest absolute Gasteiger partial charge is 0.507 e. The Kier molecular flexibility index (Phi) is 2.10. The molecule has 0 fully saturated rings. The Morgan fingerprint density at radius 1 is 1.50 bits per heavy atom. The van der Waals surface area contributed by atoms with Crippen LogP contribution in [0.5, 0.6) is 0 Å². The molecule has 0 N–H and O–H groups in total. The van der Waals surface area contributed by atoms with Gasteiger partial charge in [-0.2, -0.15) is 5.10 Å². The van der Waals surface area contributed by atoms with Crippen LogP contribution in [-0.4, -0.2) is 9.78 Å². The number of alkyl halides is 3. The molecule has 0 bridgehead atoms. The monoisotopic (exact) mass is 198 g/mol. The van der Waals surface area contributed by atoms with Crippen molar-refractivity contribution >= 4 is 11.6 Å². The molecule has 12 heavy (non-hydrogen) atoms. The van der Waals surface area contributed by atoms with Crippen molar-refractivity contribution in [1.29, 1.82) is 0 Å². The Hall–Kier alpha value is -1.04. The van der Waals surface area contributed by atoms with Crippen molar-refractivity contribution in [2.75, 3.05) is 0 Å². The highest BCUT2D eigenvalue weighted by molar-refractivity contribution is 6.30. The number of rotatable bonds is 0. The third kappa shape index (κ3) is 1.58. The van der Waals surface area contributed by atoms with Gasteiger partial charge in [-0.15, -0.1) is 17.9 Å². The minimum atomic E-state index is -4.82. The number of aromatic nitrogens is 2. The summed E-state index contributed by atoms with van der Waals surface area (Å²) in [5.74, 6) is 0. The highest BCUT2D eigenvalue weighted by Crippen LogP contribution is 2.18. The van der Waals surface area contributed by atoms with E-state index in [-0.39, 0.29) is 0 Å². The summed E-state index contributed by atoms with van der Waals surface area (Å²) in [6, 6.07) is 0.992. The van der Waals surface area contributed by atoms with Crippen LogP contribution in [0.3, 0.4) is 0 Å². The van der Waals surface area contributed by atoms with Gasteiger partial charge in [-0.05, 0) is 6.07 Å². The van der Waals surface area contributed by atoms with Crippen LogP contribution >= 0.6 is 11.6 Å². The molecule has 0 aliphatic rings. The lowest BCUT2D eigenvalue weighted by Crippen LogP contribution is -2.32. The van der Waals surface area contributed by atoms with E-state index in [1.165, 1.54) is 0 Å². The summed E-state index contributed by atoms with van der Waals surface area (Å²) in [6.07, 6.45) is -4.01. The highest BCUT2D eigenvalue weighted by Gasteiger charge is 2.33. The van der Waals surface area contributed by atoms with Gasteiger partial charge in [0, 0.05) is 6.20 Å². The first kappa shape index (κ1) is 9.05. The SMILES string of the molecule is O=c1c(Cl)ccnn1C(F)(F)F. The summed E-state index contributed by atoms with van der Waals surface area (Å²) in [4.78, 5) is 10.7. The molecule has 1 aromatic rings. The fourth-order valence-corrected chi connectivity index (χ4v) is 0.707. The Morgan fingerprint density at radius 2 is 2.08 bits per heavy atom. The van der Waals surface area contributed by atoms with Crippen LogP contribution in [0.25, 0.3) is 0 Å². The van der Waals surface area contributed by atoms with Crippen LogP contribution in [0, 0.1) is 0 Å². The molecule has 66 valence electrons. The van der Waals surface area contributed by atoms with Crippen molar-refractivity contribution < 1.29 is 13.2 Å². The zero-order chi connectivity index (χ0) is 9.35. The molecule has 0 unspecified atom stereocenters. The Balaban J connectivity index is 3.37. The molecule has 0 spiro atoms. The number of halogens is 4. The van der Waals surface area contributed by atoms with Gasteiger partial charge < -0.3 is 0 Å². The minimum Gasteiger partial charge on any atom is -0.266 e. The van der Waals surface area contributed by atoms with Crippen molar-refractivity contribution in [1.82, 2.24) is 9.78 Å². The molecule has 0 atom stereocenters. The smallest absolute Gasteiger partial charge is 0.266 e. The quantitative estimate of drug-likeness (QED) is 0.631. The topological polar surface area (TPSA) is 34.9 Å². The molecule has 0 aliphatic carbocycles. The molecule has 7 heteroatoms. The maximum Gasteiger partial charge on any atom is 0.507 e. The standard InChI is InChI=1S/C5H2ClF3N2O/c6-3-1-2-10-11(4(3)12)5(7,8)9/h1-2H. The Labute approximate surface area is 69.4 Å². The summed E-state index contributed by atoms with van der Waals surface area (Å²) in [5, 5.41) is 2.29. The summed E-state index contributed by atoms with van der Waals surface area (Å²) in [6.45, 7) is 0. The molecule has 0 saturated heterocycles. The van der Waals surface area contributed by atoms with E-state index >= 15 is 0 Å². The maximum absolute atomic E-state index is 11.9. The summed E-state index contributed by atoms with van der Waals surface area (Å²) < 4.78 is 35.0. The zero-order valence-corrected chi connectivity index (χ0v) is 6.23.